The van der Waals surface area contributed by atoms with Gasteiger partial charge in [0.25, 0.3) is 6.01 Å². The van der Waals surface area contributed by atoms with Crippen molar-refractivity contribution in [2.24, 2.45) is 0 Å². The Kier molecular flexibility index (Phi) is 7.26. The molecule has 0 saturated carbocycles. The maximum absolute atomic E-state index is 12.0. The third-order valence-electron chi connectivity index (χ3n) is 8.01. The Labute approximate surface area is 218 Å². The van der Waals surface area contributed by atoms with Gasteiger partial charge in [0.05, 0.1) is 0 Å². The van der Waals surface area contributed by atoms with Crippen LogP contribution in [0.15, 0.2) is 52.9 Å². The van der Waals surface area contributed by atoms with Gasteiger partial charge in [-0.1, -0.05) is 37.3 Å². The van der Waals surface area contributed by atoms with Gasteiger partial charge >= 0.3 is 0 Å². The molecule has 3 aromatic carbocycles. The molecule has 1 fully saturated rings. The molecule has 4 aromatic rings. The average Bonchev–Trinajstić information content (AvgIpc) is 3.38. The molecule has 0 radical (unpaired) electrons. The number of fused-ring (bicyclic) bond motifs is 2. The summed E-state index contributed by atoms with van der Waals surface area (Å²) in [5.74, 6) is 0.392. The van der Waals surface area contributed by atoms with Gasteiger partial charge in [-0.05, 0) is 73.2 Å². The Hall–Kier alpha value is -3.67. The van der Waals surface area contributed by atoms with E-state index >= 15 is 0 Å². The van der Waals surface area contributed by atoms with E-state index in [1.54, 1.807) is 0 Å². The number of piperidine rings is 1. The summed E-state index contributed by atoms with van der Waals surface area (Å²) in [6, 6.07) is 17.5. The summed E-state index contributed by atoms with van der Waals surface area (Å²) in [6.45, 7) is 6.01. The molecule has 1 aromatic heterocycles. The molecular weight excluding hydrogens is 462 g/mol. The fourth-order valence-electron chi connectivity index (χ4n) is 5.62. The largest absolute Gasteiger partial charge is 0.423 e. The molecule has 0 bridgehead atoms. The highest BCUT2D eigenvalue weighted by molar-refractivity contribution is 6.07. The average molecular weight is 498 g/mol. The van der Waals surface area contributed by atoms with Gasteiger partial charge in [0.1, 0.15) is 11.8 Å². The zero-order valence-corrected chi connectivity index (χ0v) is 21.9. The van der Waals surface area contributed by atoms with Crippen LogP contribution < -0.4 is 9.80 Å². The molecule has 0 spiro atoms. The van der Waals surface area contributed by atoms with Crippen molar-refractivity contribution >= 4 is 46.1 Å². The highest BCUT2D eigenvalue weighted by Gasteiger charge is 2.26. The van der Waals surface area contributed by atoms with E-state index in [1.165, 1.54) is 11.1 Å². The minimum Gasteiger partial charge on any atom is -0.423 e. The number of hydrogen-bond acceptors (Lipinski definition) is 6. The van der Waals surface area contributed by atoms with E-state index in [2.05, 4.69) is 54.0 Å². The summed E-state index contributed by atoms with van der Waals surface area (Å²) in [5.41, 5.74) is 6.06. The number of carbonyl (C=O) groups is 2. The van der Waals surface area contributed by atoms with Gasteiger partial charge in [-0.15, -0.1) is 0 Å². The van der Waals surface area contributed by atoms with Crippen molar-refractivity contribution in [1.82, 2.24) is 4.98 Å². The van der Waals surface area contributed by atoms with Crippen molar-refractivity contribution in [1.29, 1.82) is 0 Å². The van der Waals surface area contributed by atoms with Crippen LogP contribution in [0.25, 0.3) is 21.9 Å². The lowest BCUT2D eigenvalue weighted by atomic mass is 9.85. The van der Waals surface area contributed by atoms with Crippen LogP contribution in [0, 0.1) is 0 Å². The second-order valence-electron chi connectivity index (χ2n) is 10.2. The summed E-state index contributed by atoms with van der Waals surface area (Å²) in [6.07, 6.45) is 6.20. The number of benzene rings is 3. The Morgan fingerprint density at radius 3 is 2.68 bits per heavy atom. The quantitative estimate of drug-likeness (QED) is 0.245. The predicted molar refractivity (Wildman–Crippen MR) is 150 cm³/mol. The zero-order valence-electron chi connectivity index (χ0n) is 21.9. The minimum absolute atomic E-state index is 0.187. The lowest BCUT2D eigenvalue weighted by molar-refractivity contribution is -0.108. The molecule has 0 N–H and O–H groups in total. The standard InChI is InChI=1S/C31H35N3O3/c1-4-22-10-13-29-27(19-22)32-31(37-29)34-16-14-23(15-17-34)25-11-12-28(33(3)21(2)7-6-18-35)30-24(20-36)8-5-9-26(25)30/h5,8-13,18-21,23H,4,6-7,14-17H2,1-3H3. The highest BCUT2D eigenvalue weighted by atomic mass is 16.4. The molecule has 1 saturated heterocycles. The molecule has 37 heavy (non-hydrogen) atoms. The van der Waals surface area contributed by atoms with Crippen molar-refractivity contribution in [2.75, 3.05) is 29.9 Å². The molecule has 1 atom stereocenters. The van der Waals surface area contributed by atoms with E-state index in [4.69, 9.17) is 9.40 Å². The molecule has 6 nitrogen and oxygen atoms in total. The first-order chi connectivity index (χ1) is 18.0. The molecule has 1 aliphatic heterocycles. The second-order valence-corrected chi connectivity index (χ2v) is 10.2. The smallest absolute Gasteiger partial charge is 0.298 e. The molecule has 2 heterocycles. The monoisotopic (exact) mass is 497 g/mol. The van der Waals surface area contributed by atoms with Gasteiger partial charge in [-0.3, -0.25) is 4.79 Å². The van der Waals surface area contributed by atoms with Crippen molar-refractivity contribution < 1.29 is 14.0 Å². The minimum atomic E-state index is 0.187. The van der Waals surface area contributed by atoms with E-state index in [1.807, 2.05) is 25.2 Å². The number of anilines is 2. The molecule has 0 aliphatic carbocycles. The lowest BCUT2D eigenvalue weighted by Crippen LogP contribution is -2.33. The van der Waals surface area contributed by atoms with Crippen LogP contribution in [-0.2, 0) is 11.2 Å². The zero-order chi connectivity index (χ0) is 25.9. The Balaban J connectivity index is 1.41. The molecule has 192 valence electrons. The Bertz CT molecular complexity index is 1420. The van der Waals surface area contributed by atoms with Crippen LogP contribution in [0.4, 0.5) is 11.7 Å². The number of rotatable bonds is 9. The van der Waals surface area contributed by atoms with Gasteiger partial charge in [0, 0.05) is 49.2 Å². The van der Waals surface area contributed by atoms with Gasteiger partial charge in [0.15, 0.2) is 11.9 Å². The number of oxazole rings is 1. The first-order valence-electron chi connectivity index (χ1n) is 13.4. The maximum Gasteiger partial charge on any atom is 0.298 e. The van der Waals surface area contributed by atoms with Crippen LogP contribution in [0.3, 0.4) is 0 Å². The number of nitrogens with zero attached hydrogens (tertiary/aromatic N) is 3. The van der Waals surface area contributed by atoms with Crippen LogP contribution in [0.5, 0.6) is 0 Å². The number of hydrogen-bond donors (Lipinski definition) is 0. The lowest BCUT2D eigenvalue weighted by Gasteiger charge is -2.33. The number of aromatic nitrogens is 1. The van der Waals surface area contributed by atoms with E-state index < -0.39 is 0 Å². The van der Waals surface area contributed by atoms with E-state index in [0.29, 0.717) is 23.9 Å². The maximum atomic E-state index is 12.0. The molecule has 6 heteroatoms. The van der Waals surface area contributed by atoms with Crippen LogP contribution in [0.2, 0.25) is 0 Å². The first-order valence-corrected chi connectivity index (χ1v) is 13.4. The SMILES string of the molecule is CCc1ccc2oc(N3CCC(c4ccc(N(C)C(C)CCC=O)c5c(C=O)cccc45)CC3)nc2c1. The third kappa shape index (κ3) is 4.85. The van der Waals surface area contributed by atoms with E-state index in [0.717, 1.165) is 78.9 Å². The van der Waals surface area contributed by atoms with Crippen molar-refractivity contribution in [3.63, 3.8) is 0 Å². The summed E-state index contributed by atoms with van der Waals surface area (Å²) < 4.78 is 6.09. The van der Waals surface area contributed by atoms with E-state index in [-0.39, 0.29) is 6.04 Å². The number of carbonyl (C=O) groups excluding carboxylic acids is 2. The highest BCUT2D eigenvalue weighted by Crippen LogP contribution is 2.39. The van der Waals surface area contributed by atoms with Gasteiger partial charge in [-0.2, -0.15) is 4.98 Å². The molecule has 1 unspecified atom stereocenters. The fourth-order valence-corrected chi connectivity index (χ4v) is 5.62. The van der Waals surface area contributed by atoms with Crippen molar-refractivity contribution in [2.45, 2.75) is 57.9 Å². The number of aldehydes is 2. The van der Waals surface area contributed by atoms with Gasteiger partial charge in [0.2, 0.25) is 0 Å². The second kappa shape index (κ2) is 10.8. The predicted octanol–water partition coefficient (Wildman–Crippen LogP) is 6.54. The van der Waals surface area contributed by atoms with Crippen molar-refractivity contribution in [3.8, 4) is 0 Å². The third-order valence-corrected chi connectivity index (χ3v) is 8.01. The first kappa shape index (κ1) is 25.0. The van der Waals surface area contributed by atoms with Crippen molar-refractivity contribution in [3.05, 3.63) is 65.2 Å². The Morgan fingerprint density at radius 1 is 1.14 bits per heavy atom. The summed E-state index contributed by atoms with van der Waals surface area (Å²) in [7, 11) is 2.05. The van der Waals surface area contributed by atoms with Gasteiger partial charge < -0.3 is 19.0 Å². The topological polar surface area (TPSA) is 66.7 Å². The summed E-state index contributed by atoms with van der Waals surface area (Å²) in [5, 5.41) is 2.15. The molecule has 5 rings (SSSR count). The van der Waals surface area contributed by atoms with Crippen LogP contribution >= 0.6 is 0 Å². The fraction of sp³-hybridized carbons (Fsp3) is 0.387. The summed E-state index contributed by atoms with van der Waals surface area (Å²) in [4.78, 5) is 32.2. The molecular formula is C31H35N3O3. The summed E-state index contributed by atoms with van der Waals surface area (Å²) >= 11 is 0. The van der Waals surface area contributed by atoms with Crippen LogP contribution in [0.1, 0.15) is 66.9 Å². The normalized spacial score (nSPS) is 15.3. The molecule has 1 aliphatic rings. The number of aryl methyl sites for hydroxylation is 1. The molecule has 0 amide bonds. The van der Waals surface area contributed by atoms with Gasteiger partial charge in [-0.25, -0.2) is 0 Å². The van der Waals surface area contributed by atoms with E-state index in [9.17, 15) is 9.59 Å². The van der Waals surface area contributed by atoms with Crippen LogP contribution in [-0.4, -0.2) is 43.7 Å². The Morgan fingerprint density at radius 2 is 1.95 bits per heavy atom.